The third kappa shape index (κ3) is 5.76. The van der Waals surface area contributed by atoms with Crippen LogP contribution in [0.5, 0.6) is 0 Å². The van der Waals surface area contributed by atoms with Crippen molar-refractivity contribution >= 4 is 21.9 Å². The lowest BCUT2D eigenvalue weighted by Gasteiger charge is -2.20. The van der Waals surface area contributed by atoms with Gasteiger partial charge in [0.25, 0.3) is 15.9 Å². The van der Waals surface area contributed by atoms with Crippen molar-refractivity contribution in [1.82, 2.24) is 9.79 Å². The number of esters is 1. The summed E-state index contributed by atoms with van der Waals surface area (Å²) >= 11 is 0. The van der Waals surface area contributed by atoms with Gasteiger partial charge >= 0.3 is 5.97 Å². The van der Waals surface area contributed by atoms with Crippen LogP contribution in [-0.2, 0) is 24.4 Å². The molecule has 0 aromatic heterocycles. The highest BCUT2D eigenvalue weighted by Crippen LogP contribution is 2.19. The Balaban J connectivity index is 2.02. The van der Waals surface area contributed by atoms with Crippen LogP contribution in [0.3, 0.4) is 0 Å². The van der Waals surface area contributed by atoms with Crippen molar-refractivity contribution in [2.24, 2.45) is 0 Å². The molecule has 0 saturated heterocycles. The molecule has 1 aliphatic carbocycles. The van der Waals surface area contributed by atoms with Crippen molar-refractivity contribution in [2.75, 3.05) is 14.2 Å². The van der Waals surface area contributed by atoms with Crippen LogP contribution in [0.1, 0.15) is 55.8 Å². The summed E-state index contributed by atoms with van der Waals surface area (Å²) in [7, 11) is -1.41. The van der Waals surface area contributed by atoms with Crippen LogP contribution in [0, 0.1) is 0 Å². The Morgan fingerprint density at radius 3 is 2.43 bits per heavy atom. The number of rotatable bonds is 7. The van der Waals surface area contributed by atoms with Crippen LogP contribution in [0.4, 0.5) is 0 Å². The second kappa shape index (κ2) is 9.99. The molecule has 1 saturated carbocycles. The van der Waals surface area contributed by atoms with E-state index in [4.69, 9.17) is 9.57 Å². The molecule has 1 atom stereocenters. The van der Waals surface area contributed by atoms with Gasteiger partial charge in [0.1, 0.15) is 0 Å². The fourth-order valence-corrected chi connectivity index (χ4v) is 4.07. The fraction of sp³-hybridized carbons (Fsp3) is 0.579. The molecule has 0 bridgehead atoms. The van der Waals surface area contributed by atoms with E-state index in [9.17, 15) is 18.0 Å². The maximum absolute atomic E-state index is 12.4. The zero-order chi connectivity index (χ0) is 20.7. The number of hydrogen-bond acceptors (Lipinski definition) is 6. The summed E-state index contributed by atoms with van der Waals surface area (Å²) < 4.78 is 30.5. The van der Waals surface area contributed by atoms with E-state index < -0.39 is 22.1 Å². The molecule has 1 amide bonds. The summed E-state index contributed by atoms with van der Waals surface area (Å²) in [5.74, 6) is -1.11. The van der Waals surface area contributed by atoms with E-state index >= 15 is 0 Å². The minimum atomic E-state index is -3.89. The quantitative estimate of drug-likeness (QED) is 0.419. The first kappa shape index (κ1) is 22.3. The minimum absolute atomic E-state index is 0.0414. The van der Waals surface area contributed by atoms with Crippen molar-refractivity contribution in [2.45, 2.75) is 62.5 Å². The monoisotopic (exact) mass is 412 g/mol. The highest BCUT2D eigenvalue weighted by Gasteiger charge is 2.25. The van der Waals surface area contributed by atoms with Gasteiger partial charge in [0.05, 0.1) is 17.6 Å². The van der Waals surface area contributed by atoms with E-state index in [0.29, 0.717) is 4.47 Å². The molecule has 1 N–H and O–H groups in total. The van der Waals surface area contributed by atoms with E-state index in [1.165, 1.54) is 58.2 Å². The van der Waals surface area contributed by atoms with Gasteiger partial charge in [0.2, 0.25) is 0 Å². The zero-order valence-corrected chi connectivity index (χ0v) is 17.3. The summed E-state index contributed by atoms with van der Waals surface area (Å²) in [4.78, 5) is 29.3. The Labute approximate surface area is 166 Å². The summed E-state index contributed by atoms with van der Waals surface area (Å²) in [6.45, 7) is 1.50. The molecule has 0 spiro atoms. The SMILES string of the molecule is CON(C)S(=O)(=O)c1cccc(C(=O)O[C@@H](C)C(=O)NC2CCCCCC2)c1. The van der Waals surface area contributed by atoms with Crippen LogP contribution in [0.15, 0.2) is 29.2 Å². The maximum Gasteiger partial charge on any atom is 0.338 e. The minimum Gasteiger partial charge on any atom is -0.449 e. The molecule has 156 valence electrons. The topological polar surface area (TPSA) is 102 Å². The van der Waals surface area contributed by atoms with Crippen LogP contribution >= 0.6 is 0 Å². The molecule has 28 heavy (non-hydrogen) atoms. The maximum atomic E-state index is 12.4. The number of ether oxygens (including phenoxy) is 1. The molecular weight excluding hydrogens is 384 g/mol. The first-order chi connectivity index (χ1) is 13.3. The second-order valence-corrected chi connectivity index (χ2v) is 8.81. The number of amides is 1. The molecule has 0 unspecified atom stereocenters. The molecule has 1 aromatic carbocycles. The molecule has 0 heterocycles. The van der Waals surface area contributed by atoms with E-state index in [2.05, 4.69) is 5.32 Å². The molecule has 9 heteroatoms. The van der Waals surface area contributed by atoms with Crippen molar-refractivity contribution in [1.29, 1.82) is 0 Å². The number of nitrogens with zero attached hydrogens (tertiary/aromatic N) is 1. The smallest absolute Gasteiger partial charge is 0.338 e. The number of hydrogen-bond donors (Lipinski definition) is 1. The van der Waals surface area contributed by atoms with E-state index in [1.807, 2.05) is 0 Å². The summed E-state index contributed by atoms with van der Waals surface area (Å²) in [6, 6.07) is 5.52. The lowest BCUT2D eigenvalue weighted by Crippen LogP contribution is -2.41. The predicted molar refractivity (Wildman–Crippen MR) is 103 cm³/mol. The van der Waals surface area contributed by atoms with Gasteiger partial charge in [-0.2, -0.15) is 0 Å². The standard InChI is InChI=1S/C19H28N2O6S/c1-14(18(22)20-16-10-6-4-5-7-11-16)27-19(23)15-9-8-12-17(13-15)28(24,25)21(2)26-3/h8-9,12-14,16H,4-7,10-11H2,1-3H3,(H,20,22)/t14-/m0/s1. The third-order valence-electron chi connectivity index (χ3n) is 4.82. The average molecular weight is 413 g/mol. The molecule has 1 aromatic rings. The summed E-state index contributed by atoms with van der Waals surface area (Å²) in [5.41, 5.74) is 0.0414. The normalized spacial score (nSPS) is 17.0. The lowest BCUT2D eigenvalue weighted by atomic mass is 10.1. The van der Waals surface area contributed by atoms with Gasteiger partial charge in [-0.15, -0.1) is 0 Å². The van der Waals surface area contributed by atoms with Crippen molar-refractivity contribution in [3.63, 3.8) is 0 Å². The molecule has 2 rings (SSSR count). The van der Waals surface area contributed by atoms with Gasteiger partial charge in [-0.3, -0.25) is 9.63 Å². The van der Waals surface area contributed by atoms with E-state index in [0.717, 1.165) is 25.7 Å². The Morgan fingerprint density at radius 1 is 1.18 bits per heavy atom. The van der Waals surface area contributed by atoms with E-state index in [1.54, 1.807) is 0 Å². The molecule has 0 radical (unpaired) electrons. The first-order valence-electron chi connectivity index (χ1n) is 9.40. The Bertz CT molecular complexity index is 787. The molecular formula is C19H28N2O6S. The fourth-order valence-electron chi connectivity index (χ4n) is 3.05. The van der Waals surface area contributed by atoms with Gasteiger partial charge in [0.15, 0.2) is 6.10 Å². The predicted octanol–water partition coefficient (Wildman–Crippen LogP) is 2.25. The number of sulfonamides is 1. The van der Waals surface area contributed by atoms with Crippen LogP contribution in [0.2, 0.25) is 0 Å². The van der Waals surface area contributed by atoms with E-state index in [-0.39, 0.29) is 22.4 Å². The highest BCUT2D eigenvalue weighted by atomic mass is 32.2. The second-order valence-electron chi connectivity index (χ2n) is 6.87. The molecule has 1 aliphatic rings. The summed E-state index contributed by atoms with van der Waals surface area (Å²) in [5, 5.41) is 2.94. The Hall–Kier alpha value is -1.97. The Kier molecular flexibility index (Phi) is 7.97. The Morgan fingerprint density at radius 2 is 1.82 bits per heavy atom. The first-order valence-corrected chi connectivity index (χ1v) is 10.8. The lowest BCUT2D eigenvalue weighted by molar-refractivity contribution is -0.129. The van der Waals surface area contributed by atoms with Crippen LogP contribution < -0.4 is 5.32 Å². The largest absolute Gasteiger partial charge is 0.449 e. The van der Waals surface area contributed by atoms with Crippen molar-refractivity contribution in [3.8, 4) is 0 Å². The highest BCUT2D eigenvalue weighted by molar-refractivity contribution is 7.89. The van der Waals surface area contributed by atoms with Crippen LogP contribution in [-0.4, -0.2) is 51.1 Å². The van der Waals surface area contributed by atoms with Gasteiger partial charge in [0, 0.05) is 13.1 Å². The number of benzene rings is 1. The number of hydroxylamine groups is 1. The van der Waals surface area contributed by atoms with Crippen molar-refractivity contribution < 1.29 is 27.6 Å². The third-order valence-corrected chi connectivity index (χ3v) is 6.49. The van der Waals surface area contributed by atoms with Crippen molar-refractivity contribution in [3.05, 3.63) is 29.8 Å². The number of carbonyl (C=O) groups is 2. The van der Waals surface area contributed by atoms with Gasteiger partial charge in [-0.05, 0) is 38.0 Å². The van der Waals surface area contributed by atoms with Crippen LogP contribution in [0.25, 0.3) is 0 Å². The number of carbonyl (C=O) groups excluding carboxylic acids is 2. The molecule has 0 aliphatic heterocycles. The summed E-state index contributed by atoms with van der Waals surface area (Å²) in [6.07, 6.45) is 5.39. The van der Waals surface area contributed by atoms with Gasteiger partial charge in [-0.25, -0.2) is 13.2 Å². The van der Waals surface area contributed by atoms with Gasteiger partial charge < -0.3 is 10.1 Å². The van der Waals surface area contributed by atoms with Gasteiger partial charge in [-0.1, -0.05) is 36.2 Å². The molecule has 8 nitrogen and oxygen atoms in total. The average Bonchev–Trinajstić information content (AvgIpc) is 2.95. The molecule has 1 fully saturated rings. The number of nitrogens with one attached hydrogen (secondary N) is 1. The zero-order valence-electron chi connectivity index (χ0n) is 16.5.